The monoisotopic (exact) mass is 317 g/mol. The van der Waals surface area contributed by atoms with Gasteiger partial charge >= 0.3 is 0 Å². The second-order valence-electron chi connectivity index (χ2n) is 3.77. The summed E-state index contributed by atoms with van der Waals surface area (Å²) < 4.78 is 0.899. The number of nitrogens with one attached hydrogen (secondary N) is 1. The molecule has 0 bridgehead atoms. The Morgan fingerprint density at radius 2 is 2.29 bits per heavy atom. The lowest BCUT2D eigenvalue weighted by atomic mass is 10.4. The van der Waals surface area contributed by atoms with Gasteiger partial charge in [0.2, 0.25) is 5.91 Å². The molecule has 1 aromatic rings. The van der Waals surface area contributed by atoms with Gasteiger partial charge in [-0.2, -0.15) is 11.8 Å². The molecule has 4 nitrogen and oxygen atoms in total. The number of hydrogen-bond donors (Lipinski definition) is 1. The minimum Gasteiger partial charge on any atom is -0.310 e. The van der Waals surface area contributed by atoms with Crippen LogP contribution in [0.15, 0.2) is 22.8 Å². The van der Waals surface area contributed by atoms with E-state index < -0.39 is 0 Å². The van der Waals surface area contributed by atoms with Gasteiger partial charge in [-0.1, -0.05) is 0 Å². The van der Waals surface area contributed by atoms with Crippen LogP contribution in [0.3, 0.4) is 0 Å². The number of carbonyl (C=O) groups excluding carboxylic acids is 1. The van der Waals surface area contributed by atoms with Crippen molar-refractivity contribution >= 4 is 39.4 Å². The quantitative estimate of drug-likeness (QED) is 0.816. The van der Waals surface area contributed by atoms with E-state index in [2.05, 4.69) is 31.1 Å². The second kappa shape index (κ2) is 7.68. The molecule has 1 heterocycles. The van der Waals surface area contributed by atoms with Crippen LogP contribution in [0.25, 0.3) is 0 Å². The topological polar surface area (TPSA) is 45.2 Å². The summed E-state index contributed by atoms with van der Waals surface area (Å²) in [5.41, 5.74) is 0. The van der Waals surface area contributed by atoms with E-state index in [1.165, 1.54) is 0 Å². The van der Waals surface area contributed by atoms with Gasteiger partial charge in [0.25, 0.3) is 0 Å². The van der Waals surface area contributed by atoms with Crippen molar-refractivity contribution in [3.8, 4) is 0 Å². The van der Waals surface area contributed by atoms with E-state index >= 15 is 0 Å². The van der Waals surface area contributed by atoms with Crippen molar-refractivity contribution in [1.29, 1.82) is 0 Å². The Bertz CT molecular complexity index is 356. The Morgan fingerprint density at radius 1 is 1.53 bits per heavy atom. The van der Waals surface area contributed by atoms with Crippen molar-refractivity contribution in [2.75, 3.05) is 37.5 Å². The van der Waals surface area contributed by atoms with E-state index in [0.29, 0.717) is 11.6 Å². The number of thioether (sulfide) groups is 1. The Labute approximate surface area is 114 Å². The average Bonchev–Trinajstić information content (AvgIpc) is 2.27. The number of halogens is 1. The fourth-order valence-electron chi connectivity index (χ4n) is 1.04. The summed E-state index contributed by atoms with van der Waals surface area (Å²) in [5.74, 6) is 2.00. The molecule has 0 aliphatic rings. The summed E-state index contributed by atoms with van der Waals surface area (Å²) in [6.45, 7) is 0.981. The first-order chi connectivity index (χ1) is 8.08. The second-order valence-corrected chi connectivity index (χ2v) is 5.79. The molecule has 1 amide bonds. The van der Waals surface area contributed by atoms with Crippen LogP contribution < -0.4 is 5.32 Å². The van der Waals surface area contributed by atoms with Crippen LogP contribution in [0, 0.1) is 0 Å². The van der Waals surface area contributed by atoms with Gasteiger partial charge in [-0.3, -0.25) is 4.79 Å². The van der Waals surface area contributed by atoms with Crippen LogP contribution in [-0.2, 0) is 4.79 Å². The van der Waals surface area contributed by atoms with Gasteiger partial charge in [0, 0.05) is 23.0 Å². The SMILES string of the molecule is CN(C)CCSCC(=O)Nc1ccc(Br)cn1. The molecule has 1 aromatic heterocycles. The van der Waals surface area contributed by atoms with Crippen LogP contribution in [0.2, 0.25) is 0 Å². The standard InChI is InChI=1S/C11H16BrN3OS/c1-15(2)5-6-17-8-11(16)14-10-4-3-9(12)7-13-10/h3-4,7H,5-6,8H2,1-2H3,(H,13,14,16). The molecule has 1 N–H and O–H groups in total. The lowest BCUT2D eigenvalue weighted by molar-refractivity contribution is -0.113. The van der Waals surface area contributed by atoms with Crippen molar-refractivity contribution in [2.24, 2.45) is 0 Å². The zero-order valence-electron chi connectivity index (χ0n) is 9.94. The van der Waals surface area contributed by atoms with E-state index in [4.69, 9.17) is 0 Å². The molecule has 0 aliphatic carbocycles. The van der Waals surface area contributed by atoms with Crippen molar-refractivity contribution in [3.05, 3.63) is 22.8 Å². The fourth-order valence-corrected chi connectivity index (χ4v) is 2.17. The highest BCUT2D eigenvalue weighted by atomic mass is 79.9. The number of pyridine rings is 1. The number of anilines is 1. The van der Waals surface area contributed by atoms with Crippen molar-refractivity contribution in [2.45, 2.75) is 0 Å². The minimum absolute atomic E-state index is 0.0106. The maximum absolute atomic E-state index is 11.5. The summed E-state index contributed by atoms with van der Waals surface area (Å²) in [5, 5.41) is 2.75. The van der Waals surface area contributed by atoms with E-state index in [1.807, 2.05) is 20.2 Å². The molecule has 0 saturated carbocycles. The fraction of sp³-hybridized carbons (Fsp3) is 0.455. The summed E-state index contributed by atoms with van der Waals surface area (Å²) in [6.07, 6.45) is 1.66. The van der Waals surface area contributed by atoms with Crippen LogP contribution in [0.1, 0.15) is 0 Å². The van der Waals surface area contributed by atoms with E-state index in [-0.39, 0.29) is 5.91 Å². The average molecular weight is 318 g/mol. The molecule has 0 aliphatic heterocycles. The Morgan fingerprint density at radius 3 is 2.88 bits per heavy atom. The molecule has 6 heteroatoms. The third-order valence-corrected chi connectivity index (χ3v) is 3.32. The van der Waals surface area contributed by atoms with Crippen molar-refractivity contribution in [3.63, 3.8) is 0 Å². The number of nitrogens with zero attached hydrogens (tertiary/aromatic N) is 2. The summed E-state index contributed by atoms with van der Waals surface area (Å²) in [6, 6.07) is 3.62. The van der Waals surface area contributed by atoms with Crippen molar-refractivity contribution in [1.82, 2.24) is 9.88 Å². The highest BCUT2D eigenvalue weighted by Crippen LogP contribution is 2.10. The highest BCUT2D eigenvalue weighted by molar-refractivity contribution is 9.10. The largest absolute Gasteiger partial charge is 0.310 e. The van der Waals surface area contributed by atoms with Gasteiger partial charge < -0.3 is 10.2 Å². The molecule has 17 heavy (non-hydrogen) atoms. The van der Waals surface area contributed by atoms with Crippen LogP contribution in [0.4, 0.5) is 5.82 Å². The third-order valence-electron chi connectivity index (χ3n) is 1.91. The molecular weight excluding hydrogens is 302 g/mol. The maximum Gasteiger partial charge on any atom is 0.235 e. The number of amides is 1. The van der Waals surface area contributed by atoms with Gasteiger partial charge in [0.1, 0.15) is 5.82 Å². The Balaban J connectivity index is 2.23. The molecule has 1 rings (SSSR count). The van der Waals surface area contributed by atoms with Crippen LogP contribution in [-0.4, -0.2) is 47.9 Å². The minimum atomic E-state index is -0.0106. The predicted molar refractivity (Wildman–Crippen MR) is 76.4 cm³/mol. The van der Waals surface area contributed by atoms with E-state index in [9.17, 15) is 4.79 Å². The molecule has 0 spiro atoms. The van der Waals surface area contributed by atoms with Crippen LogP contribution >= 0.6 is 27.7 Å². The molecule has 0 aromatic carbocycles. The molecule has 0 radical (unpaired) electrons. The molecule has 0 fully saturated rings. The number of carbonyl (C=O) groups is 1. The molecule has 94 valence electrons. The van der Waals surface area contributed by atoms with Gasteiger partial charge in [-0.15, -0.1) is 0 Å². The third kappa shape index (κ3) is 6.65. The first-order valence-electron chi connectivity index (χ1n) is 5.22. The van der Waals surface area contributed by atoms with Crippen molar-refractivity contribution < 1.29 is 4.79 Å². The summed E-state index contributed by atoms with van der Waals surface area (Å²) in [7, 11) is 4.04. The summed E-state index contributed by atoms with van der Waals surface area (Å²) in [4.78, 5) is 17.7. The Hall–Kier alpha value is -0.590. The molecule has 0 unspecified atom stereocenters. The van der Waals surface area contributed by atoms with E-state index in [0.717, 1.165) is 16.8 Å². The first kappa shape index (κ1) is 14.5. The lowest BCUT2D eigenvalue weighted by Crippen LogP contribution is -2.18. The molecule has 0 saturated heterocycles. The maximum atomic E-state index is 11.5. The lowest BCUT2D eigenvalue weighted by Gasteiger charge is -2.08. The van der Waals surface area contributed by atoms with Gasteiger partial charge in [0.05, 0.1) is 5.75 Å². The normalized spacial score (nSPS) is 10.6. The van der Waals surface area contributed by atoms with Gasteiger partial charge in [-0.05, 0) is 42.2 Å². The number of hydrogen-bond acceptors (Lipinski definition) is 4. The van der Waals surface area contributed by atoms with Gasteiger partial charge in [0.15, 0.2) is 0 Å². The molecular formula is C11H16BrN3OS. The highest BCUT2D eigenvalue weighted by Gasteiger charge is 2.03. The summed E-state index contributed by atoms with van der Waals surface area (Å²) >= 11 is 4.91. The first-order valence-corrected chi connectivity index (χ1v) is 7.16. The zero-order chi connectivity index (χ0) is 12.7. The smallest absolute Gasteiger partial charge is 0.235 e. The van der Waals surface area contributed by atoms with Crippen LogP contribution in [0.5, 0.6) is 0 Å². The number of aromatic nitrogens is 1. The molecule has 0 atom stereocenters. The van der Waals surface area contributed by atoms with Gasteiger partial charge in [-0.25, -0.2) is 4.98 Å². The Kier molecular flexibility index (Phi) is 6.54. The van der Waals surface area contributed by atoms with E-state index in [1.54, 1.807) is 24.0 Å². The number of rotatable bonds is 6. The predicted octanol–water partition coefficient (Wildman–Crippen LogP) is 2.08. The zero-order valence-corrected chi connectivity index (χ0v) is 12.3.